The predicted molar refractivity (Wildman–Crippen MR) is 213 cm³/mol. The first-order valence-corrected chi connectivity index (χ1v) is 18.6. The fourth-order valence-electron chi connectivity index (χ4n) is 7.89. The van der Waals surface area contributed by atoms with Crippen molar-refractivity contribution in [3.63, 3.8) is 0 Å². The first-order chi connectivity index (χ1) is 26.3. The van der Waals surface area contributed by atoms with E-state index in [-0.39, 0.29) is 29.4 Å². The topological polar surface area (TPSA) is 81.5 Å². The molecule has 1 aromatic heterocycles. The molecule has 1 atom stereocenters. The van der Waals surface area contributed by atoms with Crippen LogP contribution in [0.25, 0.3) is 16.6 Å². The van der Waals surface area contributed by atoms with Crippen molar-refractivity contribution < 1.29 is 19.4 Å². The van der Waals surface area contributed by atoms with Crippen molar-refractivity contribution in [3.05, 3.63) is 149 Å². The van der Waals surface area contributed by atoms with Gasteiger partial charge in [-0.1, -0.05) is 78.4 Å². The summed E-state index contributed by atoms with van der Waals surface area (Å²) in [5.41, 5.74) is 7.02. The first-order valence-electron chi connectivity index (χ1n) is 18.6. The van der Waals surface area contributed by atoms with E-state index in [1.807, 2.05) is 108 Å². The molecule has 0 aliphatic carbocycles. The second kappa shape index (κ2) is 14.9. The second-order valence-electron chi connectivity index (χ2n) is 14.4. The summed E-state index contributed by atoms with van der Waals surface area (Å²) in [5, 5.41) is 11.9. The molecule has 1 saturated heterocycles. The lowest BCUT2D eigenvalue weighted by Gasteiger charge is -2.41. The van der Waals surface area contributed by atoms with E-state index in [0.29, 0.717) is 23.4 Å². The number of phenols is 1. The molecule has 9 nitrogen and oxygen atoms in total. The van der Waals surface area contributed by atoms with Crippen molar-refractivity contribution >= 4 is 34.1 Å². The predicted octanol–water partition coefficient (Wildman–Crippen LogP) is 7.45. The minimum atomic E-state index is -0.210. The molecule has 2 aliphatic rings. The minimum absolute atomic E-state index is 0.0691. The first kappa shape index (κ1) is 35.1. The summed E-state index contributed by atoms with van der Waals surface area (Å²) < 4.78 is 7.51. The largest absolute Gasteiger partial charge is 0.504 e. The number of aromatic hydroxyl groups is 1. The zero-order valence-corrected chi connectivity index (χ0v) is 31.0. The number of hydrogen-bond acceptors (Lipinski definition) is 6. The number of aryl methyl sites for hydroxylation is 1. The molecule has 8 rings (SSSR count). The minimum Gasteiger partial charge on any atom is -0.504 e. The Labute approximate surface area is 316 Å². The number of anilines is 2. The maximum Gasteiger partial charge on any atom is 0.265 e. The summed E-state index contributed by atoms with van der Waals surface area (Å²) in [5.74, 6) is -0.290. The highest BCUT2D eigenvalue weighted by Crippen LogP contribution is 2.38. The summed E-state index contributed by atoms with van der Waals surface area (Å²) in [6.45, 7) is 7.10. The number of nitrogens with zero attached hydrogens (tertiary/aromatic N) is 5. The number of phenolic OH excluding ortho intramolecular Hbond substituents is 1. The van der Waals surface area contributed by atoms with Crippen molar-refractivity contribution in [2.45, 2.75) is 25.9 Å². The van der Waals surface area contributed by atoms with Gasteiger partial charge in [-0.05, 0) is 67.9 Å². The van der Waals surface area contributed by atoms with E-state index in [2.05, 4.69) is 35.0 Å². The van der Waals surface area contributed by atoms with Crippen LogP contribution in [-0.4, -0.2) is 89.1 Å². The Morgan fingerprint density at radius 1 is 0.796 bits per heavy atom. The van der Waals surface area contributed by atoms with Gasteiger partial charge in [-0.15, -0.1) is 0 Å². The molecule has 0 bridgehead atoms. The molecule has 3 heterocycles. The summed E-state index contributed by atoms with van der Waals surface area (Å²) in [7, 11) is 3.64. The van der Waals surface area contributed by atoms with E-state index >= 15 is 4.79 Å². The highest BCUT2D eigenvalue weighted by Gasteiger charge is 2.34. The van der Waals surface area contributed by atoms with E-state index in [9.17, 15) is 9.90 Å². The molecule has 0 radical (unpaired) electrons. The number of carbonyl (C=O) groups is 2. The Hall–Kier alpha value is -5.90. The molecule has 1 fully saturated rings. The molecular weight excluding hydrogens is 675 g/mol. The van der Waals surface area contributed by atoms with Gasteiger partial charge in [0.1, 0.15) is 0 Å². The molecule has 2 aliphatic heterocycles. The van der Waals surface area contributed by atoms with Gasteiger partial charge in [0.15, 0.2) is 11.5 Å². The molecule has 5 aromatic carbocycles. The van der Waals surface area contributed by atoms with E-state index in [0.717, 1.165) is 72.5 Å². The number of para-hydroxylation sites is 2. The molecular formula is C45H45N5O4. The summed E-state index contributed by atoms with van der Waals surface area (Å²) in [4.78, 5) is 38.5. The van der Waals surface area contributed by atoms with Crippen LogP contribution in [0.5, 0.6) is 11.5 Å². The van der Waals surface area contributed by atoms with Gasteiger partial charge in [-0.2, -0.15) is 0 Å². The van der Waals surface area contributed by atoms with Crippen LogP contribution in [0.3, 0.4) is 0 Å². The zero-order chi connectivity index (χ0) is 37.3. The lowest BCUT2D eigenvalue weighted by molar-refractivity contribution is 0.0535. The van der Waals surface area contributed by atoms with Crippen LogP contribution >= 0.6 is 0 Å². The van der Waals surface area contributed by atoms with E-state index < -0.39 is 0 Å². The number of hydrogen-bond donors (Lipinski definition) is 1. The third kappa shape index (κ3) is 6.72. The SMILES string of the molecule is COc1cc(-n2cc(C(=O)N(c3ccccc3)c3ccc(C)cc3)c3ccccc32)c(C(=O)N2Cc3ccccc3C[C@H]2CN2CCN(C)CC2)cc1O. The van der Waals surface area contributed by atoms with E-state index in [4.69, 9.17) is 4.74 Å². The molecule has 1 N–H and O–H groups in total. The summed E-state index contributed by atoms with van der Waals surface area (Å²) >= 11 is 0. The van der Waals surface area contributed by atoms with Crippen molar-refractivity contribution in [2.24, 2.45) is 0 Å². The lowest BCUT2D eigenvalue weighted by atomic mass is 9.92. The van der Waals surface area contributed by atoms with E-state index in [1.165, 1.54) is 18.7 Å². The summed E-state index contributed by atoms with van der Waals surface area (Å²) in [6, 6.07) is 36.7. The highest BCUT2D eigenvalue weighted by molar-refractivity contribution is 6.17. The average Bonchev–Trinajstić information content (AvgIpc) is 3.59. The second-order valence-corrected chi connectivity index (χ2v) is 14.4. The van der Waals surface area contributed by atoms with Crippen LogP contribution in [0.15, 0.2) is 121 Å². The summed E-state index contributed by atoms with van der Waals surface area (Å²) in [6.07, 6.45) is 2.55. The van der Waals surface area contributed by atoms with Crippen LogP contribution in [0.2, 0.25) is 0 Å². The van der Waals surface area contributed by atoms with Gasteiger partial charge in [0.05, 0.1) is 29.4 Å². The van der Waals surface area contributed by atoms with Gasteiger partial charge in [0.25, 0.3) is 11.8 Å². The number of piperazine rings is 1. The van der Waals surface area contributed by atoms with Gasteiger partial charge < -0.3 is 24.2 Å². The third-order valence-corrected chi connectivity index (χ3v) is 10.9. The normalized spacial score (nSPS) is 16.3. The van der Waals surface area contributed by atoms with Gasteiger partial charge in [-0.3, -0.25) is 19.4 Å². The number of methoxy groups -OCH3 is 1. The molecule has 0 spiro atoms. The smallest absolute Gasteiger partial charge is 0.265 e. The average molecular weight is 720 g/mol. The van der Waals surface area contributed by atoms with E-state index in [1.54, 1.807) is 11.0 Å². The number of aromatic nitrogens is 1. The van der Waals surface area contributed by atoms with Gasteiger partial charge in [0, 0.05) is 74.3 Å². The zero-order valence-electron chi connectivity index (χ0n) is 31.0. The maximum absolute atomic E-state index is 15.1. The third-order valence-electron chi connectivity index (χ3n) is 10.9. The van der Waals surface area contributed by atoms with Crippen LogP contribution in [0.1, 0.15) is 37.4 Å². The number of rotatable bonds is 8. The van der Waals surface area contributed by atoms with Crippen molar-refractivity contribution in [3.8, 4) is 17.2 Å². The fourth-order valence-corrected chi connectivity index (χ4v) is 7.89. The number of likely N-dealkylation sites (N-methyl/N-ethyl adjacent to an activating group) is 1. The van der Waals surface area contributed by atoms with Crippen LogP contribution in [0.4, 0.5) is 11.4 Å². The number of ether oxygens (including phenoxy) is 1. The number of amides is 2. The Morgan fingerprint density at radius 3 is 2.20 bits per heavy atom. The Kier molecular flexibility index (Phi) is 9.67. The Bertz CT molecular complexity index is 2310. The number of carbonyl (C=O) groups excluding carboxylic acids is 2. The van der Waals surface area contributed by atoms with Crippen molar-refractivity contribution in [2.75, 3.05) is 51.8 Å². The molecule has 0 saturated carbocycles. The Balaban J connectivity index is 1.24. The monoisotopic (exact) mass is 719 g/mol. The lowest BCUT2D eigenvalue weighted by Crippen LogP contribution is -2.53. The Morgan fingerprint density at radius 2 is 1.46 bits per heavy atom. The molecule has 54 heavy (non-hydrogen) atoms. The quantitative estimate of drug-likeness (QED) is 0.176. The maximum atomic E-state index is 15.1. The van der Waals surface area contributed by atoms with Crippen LogP contribution < -0.4 is 9.64 Å². The van der Waals surface area contributed by atoms with Gasteiger partial charge in [0.2, 0.25) is 0 Å². The van der Waals surface area contributed by atoms with Gasteiger partial charge >= 0.3 is 0 Å². The number of fused-ring (bicyclic) bond motifs is 2. The van der Waals surface area contributed by atoms with Crippen LogP contribution in [-0.2, 0) is 13.0 Å². The molecule has 0 unspecified atom stereocenters. The van der Waals surface area contributed by atoms with Crippen molar-refractivity contribution in [1.29, 1.82) is 0 Å². The highest BCUT2D eigenvalue weighted by atomic mass is 16.5. The van der Waals surface area contributed by atoms with Gasteiger partial charge in [-0.25, -0.2) is 0 Å². The molecule has 6 aromatic rings. The van der Waals surface area contributed by atoms with Crippen LogP contribution in [0, 0.1) is 6.92 Å². The molecule has 274 valence electrons. The molecule has 9 heteroatoms. The standard InChI is InChI=1S/C45H45N5O4/c1-31-17-19-35(20-18-31)50(34-13-5-4-6-14-34)45(53)39-30-49(40-16-10-9-15-37(39)40)41-27-43(54-3)42(51)26-38(41)44(52)48-28-33-12-8-7-11-32(33)25-36(48)29-47-23-21-46(2)22-24-47/h4-20,26-27,30,36,51H,21-25,28-29H2,1-3H3/t36-/m0/s1. The van der Waals surface area contributed by atoms with Crippen molar-refractivity contribution in [1.82, 2.24) is 19.3 Å². The number of benzene rings is 5. The molecule has 2 amide bonds. The fraction of sp³-hybridized carbons (Fsp3) is 0.244.